The molecule has 0 fully saturated rings. The first-order chi connectivity index (χ1) is 7.41. The van der Waals surface area contributed by atoms with Gasteiger partial charge in [0.05, 0.1) is 6.10 Å². The number of rotatable bonds is 4. The highest BCUT2D eigenvalue weighted by molar-refractivity contribution is 9.10. The third-order valence-electron chi connectivity index (χ3n) is 2.08. The Morgan fingerprint density at radius 1 is 1.44 bits per heavy atom. The monoisotopic (exact) mass is 288 g/mol. The summed E-state index contributed by atoms with van der Waals surface area (Å²) in [5, 5.41) is 18.2. The van der Waals surface area contributed by atoms with Gasteiger partial charge in [-0.15, -0.1) is 0 Å². The molecule has 0 saturated heterocycles. The van der Waals surface area contributed by atoms with Crippen LogP contribution in [-0.4, -0.2) is 22.3 Å². The number of carboxylic acids is 1. The number of aliphatic hydroxyl groups is 1. The molecule has 0 aliphatic heterocycles. The molecule has 0 radical (unpaired) electrons. The van der Waals surface area contributed by atoms with E-state index in [-0.39, 0.29) is 0 Å². The molecule has 0 spiro atoms. The molecule has 16 heavy (non-hydrogen) atoms. The van der Waals surface area contributed by atoms with Crippen molar-refractivity contribution < 1.29 is 19.7 Å². The Morgan fingerprint density at radius 3 is 2.56 bits per heavy atom. The van der Waals surface area contributed by atoms with Crippen molar-refractivity contribution in [2.75, 3.05) is 0 Å². The van der Waals surface area contributed by atoms with Crippen molar-refractivity contribution in [1.82, 2.24) is 0 Å². The van der Waals surface area contributed by atoms with Gasteiger partial charge in [-0.05, 0) is 26.0 Å². The molecule has 0 amide bonds. The summed E-state index contributed by atoms with van der Waals surface area (Å²) in [6.45, 7) is 3.04. The highest BCUT2D eigenvalue weighted by Gasteiger charge is 2.16. The van der Waals surface area contributed by atoms with Crippen molar-refractivity contribution >= 4 is 21.9 Å². The van der Waals surface area contributed by atoms with E-state index in [1.807, 2.05) is 0 Å². The van der Waals surface area contributed by atoms with Gasteiger partial charge < -0.3 is 14.9 Å². The van der Waals surface area contributed by atoms with E-state index in [4.69, 9.17) is 9.84 Å². The van der Waals surface area contributed by atoms with Crippen molar-refractivity contribution in [3.8, 4) is 5.75 Å². The summed E-state index contributed by atoms with van der Waals surface area (Å²) in [5.41, 5.74) is 0.566. The van der Waals surface area contributed by atoms with Gasteiger partial charge in [0.1, 0.15) is 5.75 Å². The molecular weight excluding hydrogens is 276 g/mol. The summed E-state index contributed by atoms with van der Waals surface area (Å²) in [6, 6.07) is 5.10. The molecule has 1 aromatic rings. The largest absolute Gasteiger partial charge is 0.479 e. The smallest absolute Gasteiger partial charge is 0.344 e. The van der Waals surface area contributed by atoms with Crippen LogP contribution in [0.4, 0.5) is 0 Å². The van der Waals surface area contributed by atoms with E-state index in [1.54, 1.807) is 25.1 Å². The number of aliphatic hydroxyl groups excluding tert-OH is 1. The summed E-state index contributed by atoms with van der Waals surface area (Å²) >= 11 is 3.26. The molecule has 0 aliphatic carbocycles. The fraction of sp³-hybridized carbons (Fsp3) is 0.364. The number of hydrogen-bond donors (Lipinski definition) is 2. The van der Waals surface area contributed by atoms with Crippen molar-refractivity contribution in [1.29, 1.82) is 0 Å². The van der Waals surface area contributed by atoms with E-state index >= 15 is 0 Å². The molecule has 1 unspecified atom stereocenters. The third kappa shape index (κ3) is 3.21. The van der Waals surface area contributed by atoms with Crippen LogP contribution in [0, 0.1) is 0 Å². The van der Waals surface area contributed by atoms with E-state index in [9.17, 15) is 9.90 Å². The van der Waals surface area contributed by atoms with E-state index in [0.717, 1.165) is 4.47 Å². The van der Waals surface area contributed by atoms with Gasteiger partial charge in [0.15, 0.2) is 6.10 Å². The zero-order valence-corrected chi connectivity index (χ0v) is 10.6. The second-order valence-corrected chi connectivity index (χ2v) is 4.37. The zero-order chi connectivity index (χ0) is 12.3. The van der Waals surface area contributed by atoms with E-state index in [1.165, 1.54) is 6.92 Å². The molecule has 2 atom stereocenters. The standard InChI is InChI=1S/C11H13BrO4/c1-6(13)9-4-3-8(12)5-10(9)16-7(2)11(14)15/h3-7,13H,1-2H3,(H,14,15)/t6-,7?/m0/s1. The van der Waals surface area contributed by atoms with Gasteiger partial charge in [-0.2, -0.15) is 0 Å². The van der Waals surface area contributed by atoms with Crippen molar-refractivity contribution in [2.24, 2.45) is 0 Å². The summed E-state index contributed by atoms with van der Waals surface area (Å²) in [7, 11) is 0. The lowest BCUT2D eigenvalue weighted by Gasteiger charge is -2.16. The molecule has 1 rings (SSSR count). The van der Waals surface area contributed by atoms with E-state index in [0.29, 0.717) is 11.3 Å². The van der Waals surface area contributed by atoms with Crippen LogP contribution >= 0.6 is 15.9 Å². The molecule has 4 nitrogen and oxygen atoms in total. The first-order valence-electron chi connectivity index (χ1n) is 4.78. The Hall–Kier alpha value is -1.07. The fourth-order valence-corrected chi connectivity index (χ4v) is 1.54. The lowest BCUT2D eigenvalue weighted by Crippen LogP contribution is -2.23. The Bertz CT molecular complexity index is 390. The highest BCUT2D eigenvalue weighted by atomic mass is 79.9. The molecule has 0 aliphatic rings. The number of hydrogen-bond acceptors (Lipinski definition) is 3. The number of benzene rings is 1. The second-order valence-electron chi connectivity index (χ2n) is 3.46. The third-order valence-corrected chi connectivity index (χ3v) is 2.57. The van der Waals surface area contributed by atoms with Crippen LogP contribution in [0.2, 0.25) is 0 Å². The lowest BCUT2D eigenvalue weighted by atomic mass is 10.1. The van der Waals surface area contributed by atoms with Gasteiger partial charge in [0.2, 0.25) is 0 Å². The summed E-state index contributed by atoms with van der Waals surface area (Å²) in [4.78, 5) is 10.7. The summed E-state index contributed by atoms with van der Waals surface area (Å²) in [6.07, 6.45) is -1.66. The summed E-state index contributed by atoms with van der Waals surface area (Å²) in [5.74, 6) is -0.671. The fourth-order valence-electron chi connectivity index (χ4n) is 1.20. The minimum absolute atomic E-state index is 0.374. The van der Waals surface area contributed by atoms with Crippen LogP contribution in [0.5, 0.6) is 5.75 Å². The SMILES string of the molecule is CC(Oc1cc(Br)ccc1[C@H](C)O)C(=O)O. The average molecular weight is 289 g/mol. The molecule has 0 bridgehead atoms. The van der Waals surface area contributed by atoms with Crippen LogP contribution in [0.3, 0.4) is 0 Å². The Balaban J connectivity index is 3.01. The van der Waals surface area contributed by atoms with Crippen LogP contribution < -0.4 is 4.74 Å². The minimum atomic E-state index is -1.04. The maximum atomic E-state index is 10.7. The maximum absolute atomic E-state index is 10.7. The normalized spacial score (nSPS) is 14.2. The van der Waals surface area contributed by atoms with Crippen LogP contribution in [-0.2, 0) is 4.79 Å². The Kier molecular flexibility index (Phi) is 4.32. The first kappa shape index (κ1) is 13.0. The molecule has 5 heteroatoms. The predicted octanol–water partition coefficient (Wildman–Crippen LogP) is 2.35. The molecule has 2 N–H and O–H groups in total. The predicted molar refractivity (Wildman–Crippen MR) is 62.5 cm³/mol. The zero-order valence-electron chi connectivity index (χ0n) is 8.98. The van der Waals surface area contributed by atoms with Crippen LogP contribution in [0.15, 0.2) is 22.7 Å². The molecule has 88 valence electrons. The van der Waals surface area contributed by atoms with Gasteiger partial charge in [-0.25, -0.2) is 4.79 Å². The van der Waals surface area contributed by atoms with Gasteiger partial charge in [-0.1, -0.05) is 22.0 Å². The van der Waals surface area contributed by atoms with Crippen molar-refractivity contribution in [3.63, 3.8) is 0 Å². The van der Waals surface area contributed by atoms with E-state index in [2.05, 4.69) is 15.9 Å². The number of carbonyl (C=O) groups is 1. The van der Waals surface area contributed by atoms with E-state index < -0.39 is 18.2 Å². The van der Waals surface area contributed by atoms with Crippen molar-refractivity contribution in [3.05, 3.63) is 28.2 Å². The van der Waals surface area contributed by atoms with Crippen molar-refractivity contribution in [2.45, 2.75) is 26.1 Å². The van der Waals surface area contributed by atoms with Gasteiger partial charge in [-0.3, -0.25) is 0 Å². The average Bonchev–Trinajstić information content (AvgIpc) is 2.16. The number of halogens is 1. The van der Waals surface area contributed by atoms with Gasteiger partial charge in [0.25, 0.3) is 0 Å². The lowest BCUT2D eigenvalue weighted by molar-refractivity contribution is -0.144. The second kappa shape index (κ2) is 5.32. The topological polar surface area (TPSA) is 66.8 Å². The van der Waals surface area contributed by atoms with Crippen LogP contribution in [0.1, 0.15) is 25.5 Å². The number of ether oxygens (including phenoxy) is 1. The number of carboxylic acid groups (broad SMARTS) is 1. The van der Waals surface area contributed by atoms with Gasteiger partial charge in [0, 0.05) is 10.0 Å². The number of aliphatic carboxylic acids is 1. The van der Waals surface area contributed by atoms with Crippen LogP contribution in [0.25, 0.3) is 0 Å². The summed E-state index contributed by atoms with van der Waals surface area (Å²) < 4.78 is 6.03. The molecule has 0 aromatic heterocycles. The quantitative estimate of drug-likeness (QED) is 0.893. The Morgan fingerprint density at radius 2 is 2.06 bits per heavy atom. The molecule has 1 aromatic carbocycles. The molecular formula is C11H13BrO4. The Labute approximate surface area is 102 Å². The van der Waals surface area contributed by atoms with Gasteiger partial charge >= 0.3 is 5.97 Å². The molecule has 0 saturated carbocycles. The maximum Gasteiger partial charge on any atom is 0.344 e. The first-order valence-corrected chi connectivity index (χ1v) is 5.58. The molecule has 0 heterocycles. The highest BCUT2D eigenvalue weighted by Crippen LogP contribution is 2.29. The minimum Gasteiger partial charge on any atom is -0.479 e.